The maximum Gasteiger partial charge on any atom is 0.268 e. The number of amides is 2. The molecule has 1 aliphatic heterocycles. The number of benzene rings is 1. The SMILES string of the molecule is CC(C(=O)Nc1ccc2c(c1)N(C(=O)c1cccs1)CC2)C1CC1. The van der Waals surface area contributed by atoms with Crippen molar-refractivity contribution >= 4 is 34.5 Å². The van der Waals surface area contributed by atoms with Crippen LogP contribution in [0.25, 0.3) is 0 Å². The van der Waals surface area contributed by atoms with E-state index in [9.17, 15) is 9.59 Å². The molecule has 24 heavy (non-hydrogen) atoms. The fraction of sp³-hybridized carbons (Fsp3) is 0.368. The highest BCUT2D eigenvalue weighted by Gasteiger charge is 2.33. The summed E-state index contributed by atoms with van der Waals surface area (Å²) < 4.78 is 0. The largest absolute Gasteiger partial charge is 0.326 e. The molecular weight excluding hydrogens is 320 g/mol. The van der Waals surface area contributed by atoms with E-state index in [-0.39, 0.29) is 17.7 Å². The number of nitrogens with one attached hydrogen (secondary N) is 1. The highest BCUT2D eigenvalue weighted by atomic mass is 32.1. The Morgan fingerprint density at radius 3 is 2.83 bits per heavy atom. The molecule has 1 aliphatic carbocycles. The summed E-state index contributed by atoms with van der Waals surface area (Å²) in [6, 6.07) is 9.65. The number of hydrogen-bond acceptors (Lipinski definition) is 3. The van der Waals surface area contributed by atoms with Crippen LogP contribution in [0.4, 0.5) is 11.4 Å². The number of rotatable bonds is 4. The van der Waals surface area contributed by atoms with Crippen LogP contribution in [-0.4, -0.2) is 18.4 Å². The zero-order valence-corrected chi connectivity index (χ0v) is 14.4. The fourth-order valence-corrected chi connectivity index (χ4v) is 3.94. The highest BCUT2D eigenvalue weighted by molar-refractivity contribution is 7.12. The Labute approximate surface area is 145 Å². The van der Waals surface area contributed by atoms with Crippen molar-refractivity contribution in [1.29, 1.82) is 0 Å². The van der Waals surface area contributed by atoms with Gasteiger partial charge in [-0.2, -0.15) is 0 Å². The molecule has 0 radical (unpaired) electrons. The van der Waals surface area contributed by atoms with Gasteiger partial charge in [-0.3, -0.25) is 9.59 Å². The molecule has 2 heterocycles. The van der Waals surface area contributed by atoms with Gasteiger partial charge in [0.1, 0.15) is 0 Å². The van der Waals surface area contributed by atoms with Crippen molar-refractivity contribution in [3.8, 4) is 0 Å². The summed E-state index contributed by atoms with van der Waals surface area (Å²) in [4.78, 5) is 27.5. The van der Waals surface area contributed by atoms with Crippen LogP contribution in [0.1, 0.15) is 35.0 Å². The Bertz CT molecular complexity index is 781. The molecule has 1 saturated carbocycles. The van der Waals surface area contributed by atoms with E-state index < -0.39 is 0 Å². The van der Waals surface area contributed by atoms with Gasteiger partial charge in [0.2, 0.25) is 5.91 Å². The van der Waals surface area contributed by atoms with E-state index in [0.717, 1.165) is 41.1 Å². The number of carbonyl (C=O) groups excluding carboxylic acids is 2. The molecule has 2 aromatic rings. The van der Waals surface area contributed by atoms with E-state index in [1.54, 1.807) is 0 Å². The first-order valence-electron chi connectivity index (χ1n) is 8.42. The van der Waals surface area contributed by atoms with Gasteiger partial charge in [-0.05, 0) is 54.3 Å². The molecule has 1 fully saturated rings. The summed E-state index contributed by atoms with van der Waals surface area (Å²) >= 11 is 1.46. The summed E-state index contributed by atoms with van der Waals surface area (Å²) in [7, 11) is 0. The second kappa shape index (κ2) is 6.06. The molecule has 2 amide bonds. The lowest BCUT2D eigenvalue weighted by Crippen LogP contribution is -2.28. The Morgan fingerprint density at radius 2 is 2.12 bits per heavy atom. The first kappa shape index (κ1) is 15.4. The Hall–Kier alpha value is -2.14. The molecule has 5 heteroatoms. The van der Waals surface area contributed by atoms with E-state index in [1.807, 2.05) is 47.5 Å². The lowest BCUT2D eigenvalue weighted by Gasteiger charge is -2.18. The van der Waals surface area contributed by atoms with Gasteiger partial charge < -0.3 is 10.2 Å². The van der Waals surface area contributed by atoms with Crippen LogP contribution in [-0.2, 0) is 11.2 Å². The number of carbonyl (C=O) groups is 2. The van der Waals surface area contributed by atoms with E-state index in [1.165, 1.54) is 11.3 Å². The molecule has 124 valence electrons. The number of fused-ring (bicyclic) bond motifs is 1. The highest BCUT2D eigenvalue weighted by Crippen LogP contribution is 2.37. The first-order valence-corrected chi connectivity index (χ1v) is 9.30. The molecule has 0 saturated heterocycles. The molecule has 4 nitrogen and oxygen atoms in total. The van der Waals surface area contributed by atoms with Gasteiger partial charge in [0.05, 0.1) is 4.88 Å². The number of thiophene rings is 1. The van der Waals surface area contributed by atoms with E-state index >= 15 is 0 Å². The Kier molecular flexibility index (Phi) is 3.88. The van der Waals surface area contributed by atoms with Crippen LogP contribution in [0.3, 0.4) is 0 Å². The maximum atomic E-state index is 12.7. The van der Waals surface area contributed by atoms with Gasteiger partial charge >= 0.3 is 0 Å². The van der Waals surface area contributed by atoms with E-state index in [0.29, 0.717) is 12.5 Å². The van der Waals surface area contributed by atoms with Crippen LogP contribution in [0.15, 0.2) is 35.7 Å². The third-order valence-electron chi connectivity index (χ3n) is 4.97. The molecule has 1 N–H and O–H groups in total. The van der Waals surface area contributed by atoms with Crippen molar-refractivity contribution in [3.05, 3.63) is 46.2 Å². The van der Waals surface area contributed by atoms with Crippen molar-refractivity contribution in [2.45, 2.75) is 26.2 Å². The van der Waals surface area contributed by atoms with Crippen molar-refractivity contribution in [3.63, 3.8) is 0 Å². The normalized spacial score (nSPS) is 17.5. The van der Waals surface area contributed by atoms with Crippen molar-refractivity contribution in [1.82, 2.24) is 0 Å². The zero-order valence-electron chi connectivity index (χ0n) is 13.6. The zero-order chi connectivity index (χ0) is 16.7. The third-order valence-corrected chi connectivity index (χ3v) is 5.83. The van der Waals surface area contributed by atoms with Crippen molar-refractivity contribution in [2.75, 3.05) is 16.8 Å². The first-order chi connectivity index (χ1) is 11.6. The van der Waals surface area contributed by atoms with Gasteiger partial charge in [-0.1, -0.05) is 19.1 Å². The van der Waals surface area contributed by atoms with E-state index in [2.05, 4.69) is 5.32 Å². The summed E-state index contributed by atoms with van der Waals surface area (Å²) in [5, 5.41) is 4.93. The monoisotopic (exact) mass is 340 g/mol. The number of nitrogens with zero attached hydrogens (tertiary/aromatic N) is 1. The standard InChI is InChI=1S/C19H20N2O2S/c1-12(13-4-5-13)18(22)20-15-7-6-14-8-9-21(16(14)11-15)19(23)17-3-2-10-24-17/h2-3,6-7,10-13H,4-5,8-9H2,1H3,(H,20,22). The summed E-state index contributed by atoms with van der Waals surface area (Å²) in [5.74, 6) is 0.712. The molecule has 1 unspecified atom stereocenters. The topological polar surface area (TPSA) is 49.4 Å². The number of anilines is 2. The Morgan fingerprint density at radius 1 is 1.29 bits per heavy atom. The van der Waals surface area contributed by atoms with Gasteiger partial charge in [-0.15, -0.1) is 11.3 Å². The smallest absolute Gasteiger partial charge is 0.268 e. The quantitative estimate of drug-likeness (QED) is 0.916. The summed E-state index contributed by atoms with van der Waals surface area (Å²) in [5.41, 5.74) is 2.86. The van der Waals surface area contributed by atoms with E-state index in [4.69, 9.17) is 0 Å². The van der Waals surface area contributed by atoms with Crippen LogP contribution < -0.4 is 10.2 Å². The Balaban J connectivity index is 1.54. The predicted molar refractivity (Wildman–Crippen MR) is 96.7 cm³/mol. The minimum Gasteiger partial charge on any atom is -0.326 e. The summed E-state index contributed by atoms with van der Waals surface area (Å²) in [6.07, 6.45) is 3.17. The number of hydrogen-bond donors (Lipinski definition) is 1. The van der Waals surface area contributed by atoms with Gasteiger partial charge in [-0.25, -0.2) is 0 Å². The molecule has 1 aromatic heterocycles. The lowest BCUT2D eigenvalue weighted by atomic mass is 10.1. The average molecular weight is 340 g/mol. The third kappa shape index (κ3) is 2.84. The predicted octanol–water partition coefficient (Wildman–Crippen LogP) is 3.94. The van der Waals surface area contributed by atoms with Crippen LogP contribution in [0.5, 0.6) is 0 Å². The molecule has 2 aliphatic rings. The molecule has 1 atom stereocenters. The fourth-order valence-electron chi connectivity index (χ4n) is 3.27. The lowest BCUT2D eigenvalue weighted by molar-refractivity contribution is -0.119. The molecule has 0 bridgehead atoms. The second-order valence-electron chi connectivity index (χ2n) is 6.64. The average Bonchev–Trinajstić information content (AvgIpc) is 3.12. The summed E-state index contributed by atoms with van der Waals surface area (Å²) in [6.45, 7) is 2.69. The van der Waals surface area contributed by atoms with Gasteiger partial charge in [0.25, 0.3) is 5.91 Å². The van der Waals surface area contributed by atoms with Crippen molar-refractivity contribution in [2.24, 2.45) is 11.8 Å². The minimum absolute atomic E-state index is 0.0403. The van der Waals surface area contributed by atoms with Gasteiger partial charge in [0.15, 0.2) is 0 Å². The maximum absolute atomic E-state index is 12.7. The van der Waals surface area contributed by atoms with Crippen LogP contribution in [0, 0.1) is 11.8 Å². The molecular formula is C19H20N2O2S. The van der Waals surface area contributed by atoms with Gasteiger partial charge in [0, 0.05) is 23.8 Å². The van der Waals surface area contributed by atoms with Crippen LogP contribution in [0.2, 0.25) is 0 Å². The minimum atomic E-state index is 0.0403. The molecule has 0 spiro atoms. The molecule has 1 aromatic carbocycles. The second-order valence-corrected chi connectivity index (χ2v) is 7.59. The van der Waals surface area contributed by atoms with Crippen molar-refractivity contribution < 1.29 is 9.59 Å². The molecule has 4 rings (SSSR count). The van der Waals surface area contributed by atoms with Crippen LogP contribution >= 0.6 is 11.3 Å².